The van der Waals surface area contributed by atoms with Gasteiger partial charge in [-0.15, -0.1) is 0 Å². The molecule has 0 amide bonds. The molecule has 0 aliphatic carbocycles. The number of allylic oxidation sites excluding steroid dienone is 3. The summed E-state index contributed by atoms with van der Waals surface area (Å²) in [5, 5.41) is 0. The Bertz CT molecular complexity index is 188. The summed E-state index contributed by atoms with van der Waals surface area (Å²) in [6.45, 7) is 12.2. The third kappa shape index (κ3) is 8.44. The van der Waals surface area contributed by atoms with Crippen molar-refractivity contribution in [2.45, 2.75) is 47.0 Å². The normalized spacial score (nSPS) is 13.0. The van der Waals surface area contributed by atoms with Gasteiger partial charge in [0.2, 0.25) is 0 Å². The fourth-order valence-corrected chi connectivity index (χ4v) is 1.39. The van der Waals surface area contributed by atoms with Crippen molar-refractivity contribution in [3.63, 3.8) is 0 Å². The Kier molecular flexibility index (Phi) is 9.60. The summed E-state index contributed by atoms with van der Waals surface area (Å²) in [5.74, 6) is 0. The first kappa shape index (κ1) is 14.4. The van der Waals surface area contributed by atoms with Gasteiger partial charge in [-0.05, 0) is 39.3 Å². The first-order chi connectivity index (χ1) is 7.24. The van der Waals surface area contributed by atoms with Crippen LogP contribution in [0, 0.1) is 0 Å². The molecule has 0 aliphatic heterocycles. The summed E-state index contributed by atoms with van der Waals surface area (Å²) in [6, 6.07) is 0. The maximum absolute atomic E-state index is 2.42. The Morgan fingerprint density at radius 1 is 1.00 bits per heavy atom. The van der Waals surface area contributed by atoms with E-state index in [0.29, 0.717) is 0 Å². The van der Waals surface area contributed by atoms with Crippen LogP contribution in [0.5, 0.6) is 0 Å². The predicted octanol–water partition coefficient (Wildman–Crippen LogP) is 4.02. The van der Waals surface area contributed by atoms with Crippen LogP contribution in [0.2, 0.25) is 0 Å². The monoisotopic (exact) mass is 209 g/mol. The summed E-state index contributed by atoms with van der Waals surface area (Å²) in [5.41, 5.74) is 1.51. The van der Waals surface area contributed by atoms with Crippen LogP contribution < -0.4 is 0 Å². The Labute approximate surface area is 95.9 Å². The van der Waals surface area contributed by atoms with Crippen molar-refractivity contribution >= 4 is 0 Å². The van der Waals surface area contributed by atoms with E-state index in [2.05, 4.69) is 50.8 Å². The molecule has 0 bridgehead atoms. The fraction of sp³-hybridized carbons (Fsp3) is 0.714. The zero-order chi connectivity index (χ0) is 11.5. The molecule has 0 spiro atoms. The van der Waals surface area contributed by atoms with E-state index in [1.165, 1.54) is 24.8 Å². The lowest BCUT2D eigenvalue weighted by Crippen LogP contribution is -2.22. The first-order valence-corrected chi connectivity index (χ1v) is 6.27. The standard InChI is InChI=1S/C14H27N/c1-5-14(4)12-10-8-9-11-13-15(6-2)7-3/h9,11-12H,5-8,10,13H2,1-4H3/b11-9-,14-12?. The molecule has 0 saturated carbocycles. The van der Waals surface area contributed by atoms with Crippen LogP contribution >= 0.6 is 0 Å². The molecule has 0 unspecified atom stereocenters. The molecule has 15 heavy (non-hydrogen) atoms. The summed E-state index contributed by atoms with van der Waals surface area (Å²) < 4.78 is 0. The van der Waals surface area contributed by atoms with Gasteiger partial charge in [-0.25, -0.2) is 0 Å². The Morgan fingerprint density at radius 3 is 2.20 bits per heavy atom. The zero-order valence-corrected chi connectivity index (χ0v) is 10.9. The van der Waals surface area contributed by atoms with Gasteiger partial charge in [-0.2, -0.15) is 0 Å². The van der Waals surface area contributed by atoms with Crippen molar-refractivity contribution in [1.29, 1.82) is 0 Å². The van der Waals surface area contributed by atoms with Gasteiger partial charge >= 0.3 is 0 Å². The average Bonchev–Trinajstić information content (AvgIpc) is 2.28. The Balaban J connectivity index is 3.54. The SMILES string of the molecule is CCC(C)=CCC/C=C\CN(CC)CC. The number of hydrogen-bond acceptors (Lipinski definition) is 1. The topological polar surface area (TPSA) is 3.24 Å². The third-order valence-corrected chi connectivity index (χ3v) is 2.81. The Morgan fingerprint density at radius 2 is 1.67 bits per heavy atom. The van der Waals surface area contributed by atoms with Gasteiger partial charge in [0.1, 0.15) is 0 Å². The summed E-state index contributed by atoms with van der Waals surface area (Å²) in [4.78, 5) is 2.42. The van der Waals surface area contributed by atoms with E-state index >= 15 is 0 Å². The molecule has 0 heterocycles. The van der Waals surface area contributed by atoms with Crippen LogP contribution in [0.3, 0.4) is 0 Å². The van der Waals surface area contributed by atoms with Crippen LogP contribution in [0.25, 0.3) is 0 Å². The van der Waals surface area contributed by atoms with E-state index in [-0.39, 0.29) is 0 Å². The highest BCUT2D eigenvalue weighted by molar-refractivity contribution is 4.98. The summed E-state index contributed by atoms with van der Waals surface area (Å²) >= 11 is 0. The van der Waals surface area contributed by atoms with E-state index in [9.17, 15) is 0 Å². The fourth-order valence-electron chi connectivity index (χ4n) is 1.39. The molecule has 0 fully saturated rings. The molecule has 0 aromatic heterocycles. The van der Waals surface area contributed by atoms with Gasteiger partial charge in [0, 0.05) is 6.54 Å². The quantitative estimate of drug-likeness (QED) is 0.431. The number of nitrogens with zero attached hydrogens (tertiary/aromatic N) is 1. The average molecular weight is 209 g/mol. The second-order valence-electron chi connectivity index (χ2n) is 3.94. The summed E-state index contributed by atoms with van der Waals surface area (Å²) in [6.07, 6.45) is 10.5. The van der Waals surface area contributed by atoms with Gasteiger partial charge in [0.15, 0.2) is 0 Å². The molecule has 0 saturated heterocycles. The van der Waals surface area contributed by atoms with Gasteiger partial charge in [0.05, 0.1) is 0 Å². The maximum atomic E-state index is 2.42. The minimum Gasteiger partial charge on any atom is -0.300 e. The molecule has 0 aromatic carbocycles. The molecule has 0 N–H and O–H groups in total. The highest BCUT2D eigenvalue weighted by Crippen LogP contribution is 2.02. The van der Waals surface area contributed by atoms with Crippen LogP contribution in [-0.4, -0.2) is 24.5 Å². The van der Waals surface area contributed by atoms with E-state index in [1.54, 1.807) is 0 Å². The van der Waals surface area contributed by atoms with E-state index in [0.717, 1.165) is 19.6 Å². The minimum atomic E-state index is 1.10. The van der Waals surface area contributed by atoms with E-state index in [1.807, 2.05) is 0 Å². The number of unbranched alkanes of at least 4 members (excludes halogenated alkanes) is 1. The highest BCUT2D eigenvalue weighted by Gasteiger charge is 1.92. The largest absolute Gasteiger partial charge is 0.300 e. The van der Waals surface area contributed by atoms with Gasteiger partial charge in [-0.3, -0.25) is 0 Å². The third-order valence-electron chi connectivity index (χ3n) is 2.81. The number of likely N-dealkylation sites (N-methyl/N-ethyl adjacent to an activating group) is 1. The molecule has 0 rings (SSSR count). The molecule has 0 radical (unpaired) electrons. The predicted molar refractivity (Wildman–Crippen MR) is 70.2 cm³/mol. The molecule has 0 aliphatic rings. The lowest BCUT2D eigenvalue weighted by molar-refractivity contribution is 0.337. The zero-order valence-electron chi connectivity index (χ0n) is 10.9. The second-order valence-corrected chi connectivity index (χ2v) is 3.94. The summed E-state index contributed by atoms with van der Waals surface area (Å²) in [7, 11) is 0. The van der Waals surface area contributed by atoms with Gasteiger partial charge in [0.25, 0.3) is 0 Å². The second kappa shape index (κ2) is 9.97. The van der Waals surface area contributed by atoms with Crippen LogP contribution in [0.15, 0.2) is 23.8 Å². The van der Waals surface area contributed by atoms with Crippen molar-refractivity contribution in [2.24, 2.45) is 0 Å². The smallest absolute Gasteiger partial charge is 0.0162 e. The minimum absolute atomic E-state index is 1.10. The molecule has 0 aromatic rings. The first-order valence-electron chi connectivity index (χ1n) is 6.27. The van der Waals surface area contributed by atoms with Crippen molar-refractivity contribution in [3.8, 4) is 0 Å². The Hall–Kier alpha value is -0.560. The lowest BCUT2D eigenvalue weighted by atomic mass is 10.1. The van der Waals surface area contributed by atoms with Crippen LogP contribution in [0.4, 0.5) is 0 Å². The van der Waals surface area contributed by atoms with Crippen molar-refractivity contribution in [3.05, 3.63) is 23.8 Å². The maximum Gasteiger partial charge on any atom is 0.0162 e. The van der Waals surface area contributed by atoms with Gasteiger partial charge < -0.3 is 4.90 Å². The van der Waals surface area contributed by atoms with Crippen molar-refractivity contribution in [1.82, 2.24) is 4.90 Å². The molecule has 1 heteroatoms. The molecular weight excluding hydrogens is 182 g/mol. The molecule has 0 atom stereocenters. The number of hydrogen-bond donors (Lipinski definition) is 0. The highest BCUT2D eigenvalue weighted by atomic mass is 15.1. The van der Waals surface area contributed by atoms with Crippen LogP contribution in [-0.2, 0) is 0 Å². The molecule has 88 valence electrons. The lowest BCUT2D eigenvalue weighted by Gasteiger charge is -2.14. The van der Waals surface area contributed by atoms with Crippen molar-refractivity contribution in [2.75, 3.05) is 19.6 Å². The van der Waals surface area contributed by atoms with Crippen LogP contribution in [0.1, 0.15) is 47.0 Å². The number of rotatable bonds is 8. The van der Waals surface area contributed by atoms with E-state index < -0.39 is 0 Å². The van der Waals surface area contributed by atoms with E-state index in [4.69, 9.17) is 0 Å². The van der Waals surface area contributed by atoms with Gasteiger partial charge in [-0.1, -0.05) is 44.6 Å². The molecular formula is C14H27N. The molecule has 1 nitrogen and oxygen atoms in total. The van der Waals surface area contributed by atoms with Crippen molar-refractivity contribution < 1.29 is 0 Å².